The fourth-order valence-corrected chi connectivity index (χ4v) is 3.14. The molecule has 28 heavy (non-hydrogen) atoms. The second kappa shape index (κ2) is 9.43. The van der Waals surface area contributed by atoms with Gasteiger partial charge in [0.05, 0.1) is 5.92 Å². The Bertz CT molecular complexity index is 686. The molecule has 0 heterocycles. The van der Waals surface area contributed by atoms with Gasteiger partial charge in [-0.05, 0) is 45.6 Å². The van der Waals surface area contributed by atoms with E-state index >= 15 is 0 Å². The van der Waals surface area contributed by atoms with E-state index in [1.165, 1.54) is 0 Å². The molecule has 1 aromatic rings. The minimum absolute atomic E-state index is 0.111. The van der Waals surface area contributed by atoms with E-state index in [0.29, 0.717) is 12.8 Å². The molecule has 8 nitrogen and oxygen atoms in total. The Balaban J connectivity index is 1.85. The highest BCUT2D eigenvalue weighted by atomic mass is 16.6. The molecule has 0 saturated heterocycles. The lowest BCUT2D eigenvalue weighted by Crippen LogP contribution is -2.51. The summed E-state index contributed by atoms with van der Waals surface area (Å²) in [6, 6.07) is 8.34. The Hall–Kier alpha value is -2.77. The summed E-state index contributed by atoms with van der Waals surface area (Å²) in [5.41, 5.74) is 0.218. The van der Waals surface area contributed by atoms with Crippen LogP contribution in [0.1, 0.15) is 45.6 Å². The summed E-state index contributed by atoms with van der Waals surface area (Å²) in [4.78, 5) is 35.6. The number of carbonyl (C=O) groups excluding carboxylic acids is 2. The Labute approximate surface area is 164 Å². The van der Waals surface area contributed by atoms with Crippen molar-refractivity contribution in [2.75, 3.05) is 0 Å². The van der Waals surface area contributed by atoms with Crippen LogP contribution in [0.3, 0.4) is 0 Å². The average Bonchev–Trinajstić information content (AvgIpc) is 2.60. The highest BCUT2D eigenvalue weighted by molar-refractivity contribution is 5.74. The number of benzene rings is 1. The lowest BCUT2D eigenvalue weighted by molar-refractivity contribution is -0.144. The summed E-state index contributed by atoms with van der Waals surface area (Å²) in [7, 11) is 0. The first-order valence-corrected chi connectivity index (χ1v) is 9.33. The largest absolute Gasteiger partial charge is 0.481 e. The zero-order valence-electron chi connectivity index (χ0n) is 16.4. The molecule has 1 saturated carbocycles. The van der Waals surface area contributed by atoms with Crippen LogP contribution in [0.4, 0.5) is 9.59 Å². The molecule has 154 valence electrons. The van der Waals surface area contributed by atoms with Crippen molar-refractivity contribution < 1.29 is 29.0 Å². The molecule has 3 atom stereocenters. The van der Waals surface area contributed by atoms with Gasteiger partial charge in [-0.2, -0.15) is 0 Å². The van der Waals surface area contributed by atoms with Crippen LogP contribution < -0.4 is 10.6 Å². The maximum Gasteiger partial charge on any atom is 0.407 e. The van der Waals surface area contributed by atoms with E-state index in [9.17, 15) is 19.5 Å². The van der Waals surface area contributed by atoms with Gasteiger partial charge in [0.15, 0.2) is 0 Å². The van der Waals surface area contributed by atoms with Crippen molar-refractivity contribution in [1.29, 1.82) is 0 Å². The van der Waals surface area contributed by atoms with Gasteiger partial charge in [-0.25, -0.2) is 9.59 Å². The van der Waals surface area contributed by atoms with E-state index in [4.69, 9.17) is 9.47 Å². The van der Waals surface area contributed by atoms with Gasteiger partial charge in [0, 0.05) is 12.1 Å². The van der Waals surface area contributed by atoms with Crippen LogP contribution in [-0.4, -0.2) is 40.9 Å². The minimum Gasteiger partial charge on any atom is -0.481 e. The van der Waals surface area contributed by atoms with Crippen molar-refractivity contribution in [2.45, 2.75) is 64.3 Å². The van der Waals surface area contributed by atoms with Crippen molar-refractivity contribution in [2.24, 2.45) is 5.92 Å². The second-order valence-electron chi connectivity index (χ2n) is 7.91. The van der Waals surface area contributed by atoms with Crippen molar-refractivity contribution in [1.82, 2.24) is 10.6 Å². The lowest BCUT2D eigenvalue weighted by atomic mass is 9.81. The van der Waals surface area contributed by atoms with Crippen molar-refractivity contribution >= 4 is 18.2 Å². The molecule has 0 unspecified atom stereocenters. The number of carbonyl (C=O) groups is 3. The molecule has 0 aliphatic heterocycles. The maximum absolute atomic E-state index is 12.1. The van der Waals surface area contributed by atoms with Gasteiger partial charge in [0.2, 0.25) is 0 Å². The van der Waals surface area contributed by atoms with Crippen LogP contribution in [0.15, 0.2) is 30.3 Å². The van der Waals surface area contributed by atoms with Gasteiger partial charge in [-0.15, -0.1) is 0 Å². The summed E-state index contributed by atoms with van der Waals surface area (Å²) >= 11 is 0. The number of carboxylic acids is 1. The Morgan fingerprint density at radius 1 is 1.07 bits per heavy atom. The third-order valence-corrected chi connectivity index (χ3v) is 4.40. The number of hydrogen-bond donors (Lipinski definition) is 3. The molecule has 0 aromatic heterocycles. The zero-order chi connectivity index (χ0) is 20.7. The van der Waals surface area contributed by atoms with E-state index < -0.39 is 35.7 Å². The molecular weight excluding hydrogens is 364 g/mol. The normalized spacial score (nSPS) is 22.0. The number of amides is 2. The van der Waals surface area contributed by atoms with E-state index in [1.807, 2.05) is 30.3 Å². The Morgan fingerprint density at radius 2 is 1.75 bits per heavy atom. The number of rotatable bonds is 5. The van der Waals surface area contributed by atoms with Gasteiger partial charge in [-0.3, -0.25) is 4.79 Å². The van der Waals surface area contributed by atoms with Gasteiger partial charge < -0.3 is 25.2 Å². The first-order chi connectivity index (χ1) is 13.1. The molecule has 1 fully saturated rings. The van der Waals surface area contributed by atoms with Gasteiger partial charge in [-0.1, -0.05) is 30.3 Å². The Morgan fingerprint density at radius 3 is 2.36 bits per heavy atom. The number of hydrogen-bond acceptors (Lipinski definition) is 5. The summed E-state index contributed by atoms with van der Waals surface area (Å²) in [5.74, 6) is -1.85. The molecule has 0 bridgehead atoms. The molecule has 1 aromatic carbocycles. The third-order valence-electron chi connectivity index (χ3n) is 4.40. The van der Waals surface area contributed by atoms with Crippen LogP contribution >= 0.6 is 0 Å². The predicted molar refractivity (Wildman–Crippen MR) is 102 cm³/mol. The van der Waals surface area contributed by atoms with Crippen LogP contribution in [0.5, 0.6) is 0 Å². The summed E-state index contributed by atoms with van der Waals surface area (Å²) in [6.45, 7) is 5.39. The van der Waals surface area contributed by atoms with E-state index in [-0.39, 0.29) is 19.1 Å². The molecule has 0 radical (unpaired) electrons. The monoisotopic (exact) mass is 392 g/mol. The standard InChI is InChI=1S/C20H28N2O6/c1-20(2,3)28-19(26)21-14-9-10-16(15(11-14)17(23)24)22-18(25)27-12-13-7-5-4-6-8-13/h4-8,14-16H,9-12H2,1-3H3,(H,21,26)(H,22,25)(H,23,24)/t14-,15-,16-/m1/s1. The minimum atomic E-state index is -1.02. The number of aliphatic carboxylic acids is 1. The summed E-state index contributed by atoms with van der Waals surface area (Å²) in [5, 5.41) is 14.9. The molecular formula is C20H28N2O6. The van der Waals surface area contributed by atoms with Crippen LogP contribution in [0.2, 0.25) is 0 Å². The highest BCUT2D eigenvalue weighted by Crippen LogP contribution is 2.26. The topological polar surface area (TPSA) is 114 Å². The van der Waals surface area contributed by atoms with Crippen molar-refractivity contribution in [3.8, 4) is 0 Å². The lowest BCUT2D eigenvalue weighted by Gasteiger charge is -2.34. The van der Waals surface area contributed by atoms with E-state index in [0.717, 1.165) is 5.56 Å². The summed E-state index contributed by atoms with van der Waals surface area (Å²) < 4.78 is 10.4. The van der Waals surface area contributed by atoms with Crippen LogP contribution in [-0.2, 0) is 20.9 Å². The fraction of sp³-hybridized carbons (Fsp3) is 0.550. The molecule has 1 aliphatic carbocycles. The van der Waals surface area contributed by atoms with E-state index in [1.54, 1.807) is 20.8 Å². The van der Waals surface area contributed by atoms with Gasteiger partial charge in [0.1, 0.15) is 12.2 Å². The first-order valence-electron chi connectivity index (χ1n) is 9.33. The second-order valence-corrected chi connectivity index (χ2v) is 7.91. The highest BCUT2D eigenvalue weighted by Gasteiger charge is 2.37. The van der Waals surface area contributed by atoms with Crippen LogP contribution in [0, 0.1) is 5.92 Å². The van der Waals surface area contributed by atoms with Crippen molar-refractivity contribution in [3.63, 3.8) is 0 Å². The molecule has 2 rings (SSSR count). The summed E-state index contributed by atoms with van der Waals surface area (Å²) in [6.07, 6.45) is -0.0723. The molecule has 3 N–H and O–H groups in total. The molecule has 0 spiro atoms. The van der Waals surface area contributed by atoms with Gasteiger partial charge in [0.25, 0.3) is 0 Å². The zero-order valence-corrected chi connectivity index (χ0v) is 16.4. The average molecular weight is 392 g/mol. The third kappa shape index (κ3) is 7.09. The van der Waals surface area contributed by atoms with Crippen molar-refractivity contribution in [3.05, 3.63) is 35.9 Å². The molecule has 8 heteroatoms. The molecule has 1 aliphatic rings. The smallest absolute Gasteiger partial charge is 0.407 e. The number of carboxylic acid groups (broad SMARTS) is 1. The van der Waals surface area contributed by atoms with Crippen LogP contribution in [0.25, 0.3) is 0 Å². The number of nitrogens with one attached hydrogen (secondary N) is 2. The number of alkyl carbamates (subject to hydrolysis) is 2. The molecule has 2 amide bonds. The number of ether oxygens (including phenoxy) is 2. The fourth-order valence-electron chi connectivity index (χ4n) is 3.14. The maximum atomic E-state index is 12.1. The SMILES string of the molecule is CC(C)(C)OC(=O)N[C@@H]1CC[C@@H](NC(=O)OCc2ccccc2)[C@H](C(=O)O)C1. The first kappa shape index (κ1) is 21.5. The van der Waals surface area contributed by atoms with Gasteiger partial charge >= 0.3 is 18.2 Å². The van der Waals surface area contributed by atoms with E-state index in [2.05, 4.69) is 10.6 Å². The quantitative estimate of drug-likeness (QED) is 0.710. The predicted octanol–water partition coefficient (Wildman–Crippen LogP) is 3.06. The Kier molecular flexibility index (Phi) is 7.25.